The zero-order valence-corrected chi connectivity index (χ0v) is 12.5. The van der Waals surface area contributed by atoms with Gasteiger partial charge in [-0.2, -0.15) is 0 Å². The Morgan fingerprint density at radius 2 is 2.05 bits per heavy atom. The van der Waals surface area contributed by atoms with Crippen LogP contribution in [0.1, 0.15) is 16.1 Å². The molecule has 21 heavy (non-hydrogen) atoms. The van der Waals surface area contributed by atoms with Crippen LogP contribution in [0.2, 0.25) is 5.22 Å². The zero-order chi connectivity index (χ0) is 15.2. The fourth-order valence-corrected chi connectivity index (χ4v) is 2.06. The van der Waals surface area contributed by atoms with Crippen molar-refractivity contribution in [1.29, 1.82) is 0 Å². The molecule has 1 aromatic heterocycles. The average Bonchev–Trinajstić information content (AvgIpc) is 2.93. The number of carbonyl (C=O) groups is 1. The van der Waals surface area contributed by atoms with Gasteiger partial charge in [-0.3, -0.25) is 4.79 Å². The molecular formula is C16H16ClNO3. The van der Waals surface area contributed by atoms with Gasteiger partial charge in [-0.1, -0.05) is 18.2 Å². The molecule has 0 atom stereocenters. The third-order valence-electron chi connectivity index (χ3n) is 2.95. The Labute approximate surface area is 128 Å². The highest BCUT2D eigenvalue weighted by Crippen LogP contribution is 2.18. The molecule has 1 amide bonds. The number of amides is 1. The van der Waals surface area contributed by atoms with Crippen molar-refractivity contribution in [3.8, 4) is 5.75 Å². The lowest BCUT2D eigenvalue weighted by Crippen LogP contribution is -2.30. The van der Waals surface area contributed by atoms with Crippen molar-refractivity contribution in [3.05, 3.63) is 65.6 Å². The molecule has 0 N–H and O–H groups in total. The van der Waals surface area contributed by atoms with E-state index in [0.29, 0.717) is 13.1 Å². The third-order valence-corrected chi connectivity index (χ3v) is 3.16. The Hall–Kier alpha value is -2.20. The Morgan fingerprint density at radius 1 is 1.33 bits per heavy atom. The van der Waals surface area contributed by atoms with Crippen molar-refractivity contribution >= 4 is 17.5 Å². The lowest BCUT2D eigenvalue weighted by molar-refractivity contribution is 0.0731. The monoisotopic (exact) mass is 305 g/mol. The molecule has 0 aliphatic carbocycles. The molecule has 0 bridgehead atoms. The number of hydrogen-bond donors (Lipinski definition) is 0. The highest BCUT2D eigenvalue weighted by Gasteiger charge is 2.18. The molecule has 0 saturated heterocycles. The van der Waals surface area contributed by atoms with Gasteiger partial charge in [0.15, 0.2) is 11.0 Å². The van der Waals surface area contributed by atoms with Crippen molar-refractivity contribution in [2.75, 3.05) is 13.7 Å². The van der Waals surface area contributed by atoms with Crippen LogP contribution in [0, 0.1) is 0 Å². The maximum Gasteiger partial charge on any atom is 0.290 e. The number of ether oxygens (including phenoxy) is 1. The number of halogens is 1. The van der Waals surface area contributed by atoms with Gasteiger partial charge in [-0.05, 0) is 41.4 Å². The summed E-state index contributed by atoms with van der Waals surface area (Å²) >= 11 is 5.71. The topological polar surface area (TPSA) is 42.7 Å². The van der Waals surface area contributed by atoms with Crippen LogP contribution in [-0.2, 0) is 6.54 Å². The van der Waals surface area contributed by atoms with E-state index in [2.05, 4.69) is 6.58 Å². The van der Waals surface area contributed by atoms with Crippen LogP contribution in [0.15, 0.2) is 53.5 Å². The largest absolute Gasteiger partial charge is 0.497 e. The molecule has 0 aliphatic rings. The summed E-state index contributed by atoms with van der Waals surface area (Å²) in [4.78, 5) is 14.0. The number of nitrogens with zero attached hydrogens (tertiary/aromatic N) is 1. The van der Waals surface area contributed by atoms with Crippen molar-refractivity contribution in [2.45, 2.75) is 6.54 Å². The lowest BCUT2D eigenvalue weighted by Gasteiger charge is -2.20. The van der Waals surface area contributed by atoms with Crippen LogP contribution in [0.25, 0.3) is 0 Å². The van der Waals surface area contributed by atoms with Crippen molar-refractivity contribution < 1.29 is 13.9 Å². The molecule has 1 heterocycles. The van der Waals surface area contributed by atoms with Crippen LogP contribution in [-0.4, -0.2) is 24.5 Å². The average molecular weight is 306 g/mol. The Bertz CT molecular complexity index is 619. The minimum atomic E-state index is -0.224. The smallest absolute Gasteiger partial charge is 0.290 e. The number of rotatable bonds is 6. The standard InChI is InChI=1S/C16H16ClNO3/c1-3-10-18(16(19)14-8-9-15(17)21-14)11-12-4-6-13(20-2)7-5-12/h3-9H,1,10-11H2,2H3. The summed E-state index contributed by atoms with van der Waals surface area (Å²) < 4.78 is 10.3. The summed E-state index contributed by atoms with van der Waals surface area (Å²) in [5, 5.41) is 0.196. The quantitative estimate of drug-likeness (QED) is 0.763. The summed E-state index contributed by atoms with van der Waals surface area (Å²) in [5.41, 5.74) is 0.989. The minimum absolute atomic E-state index is 0.196. The molecule has 0 radical (unpaired) electrons. The molecule has 0 spiro atoms. The minimum Gasteiger partial charge on any atom is -0.497 e. The highest BCUT2D eigenvalue weighted by molar-refractivity contribution is 6.29. The summed E-state index contributed by atoms with van der Waals surface area (Å²) in [6.07, 6.45) is 1.67. The first-order valence-corrected chi connectivity index (χ1v) is 6.80. The number of carbonyl (C=O) groups excluding carboxylic acids is 1. The molecule has 0 saturated carbocycles. The van der Waals surface area contributed by atoms with Gasteiger partial charge in [-0.15, -0.1) is 6.58 Å². The summed E-state index contributed by atoms with van der Waals surface area (Å²) in [5.74, 6) is 0.770. The second-order valence-corrected chi connectivity index (χ2v) is 4.80. The van der Waals surface area contributed by atoms with Crippen LogP contribution < -0.4 is 4.74 Å². The fraction of sp³-hybridized carbons (Fsp3) is 0.188. The maximum absolute atomic E-state index is 12.4. The Kier molecular flexibility index (Phi) is 5.06. The molecular weight excluding hydrogens is 290 g/mol. The van der Waals surface area contributed by atoms with Crippen LogP contribution >= 0.6 is 11.6 Å². The fourth-order valence-electron chi connectivity index (χ4n) is 1.91. The van der Waals surface area contributed by atoms with Gasteiger partial charge in [0.1, 0.15) is 5.75 Å². The number of methoxy groups -OCH3 is 1. The first kappa shape index (κ1) is 15.2. The highest BCUT2D eigenvalue weighted by atomic mass is 35.5. The predicted molar refractivity (Wildman–Crippen MR) is 81.6 cm³/mol. The number of benzene rings is 1. The zero-order valence-electron chi connectivity index (χ0n) is 11.7. The third kappa shape index (κ3) is 3.89. The van der Waals surface area contributed by atoms with E-state index in [1.807, 2.05) is 24.3 Å². The van der Waals surface area contributed by atoms with E-state index in [-0.39, 0.29) is 16.9 Å². The summed E-state index contributed by atoms with van der Waals surface area (Å²) in [6.45, 7) is 4.55. The molecule has 0 aliphatic heterocycles. The van der Waals surface area contributed by atoms with Gasteiger partial charge < -0.3 is 14.1 Å². The van der Waals surface area contributed by atoms with Crippen molar-refractivity contribution in [3.63, 3.8) is 0 Å². The van der Waals surface area contributed by atoms with Crippen LogP contribution in [0.4, 0.5) is 0 Å². The number of furan rings is 1. The first-order valence-electron chi connectivity index (χ1n) is 6.42. The molecule has 5 heteroatoms. The van der Waals surface area contributed by atoms with E-state index in [0.717, 1.165) is 11.3 Å². The van der Waals surface area contributed by atoms with Gasteiger partial charge in [-0.25, -0.2) is 0 Å². The van der Waals surface area contributed by atoms with E-state index >= 15 is 0 Å². The van der Waals surface area contributed by atoms with E-state index in [1.54, 1.807) is 30.2 Å². The van der Waals surface area contributed by atoms with Gasteiger partial charge in [0.25, 0.3) is 5.91 Å². The van der Waals surface area contributed by atoms with Crippen molar-refractivity contribution in [1.82, 2.24) is 4.90 Å². The van der Waals surface area contributed by atoms with Crippen LogP contribution in [0.5, 0.6) is 5.75 Å². The second-order valence-electron chi connectivity index (χ2n) is 4.43. The Balaban J connectivity index is 2.14. The van der Waals surface area contributed by atoms with E-state index in [4.69, 9.17) is 20.8 Å². The van der Waals surface area contributed by atoms with E-state index in [1.165, 1.54) is 0 Å². The maximum atomic E-state index is 12.4. The molecule has 110 valence electrons. The predicted octanol–water partition coefficient (Wildman–Crippen LogP) is 3.77. The first-order chi connectivity index (χ1) is 10.1. The molecule has 2 aromatic rings. The normalized spacial score (nSPS) is 10.2. The van der Waals surface area contributed by atoms with Gasteiger partial charge >= 0.3 is 0 Å². The van der Waals surface area contributed by atoms with Gasteiger partial charge in [0.05, 0.1) is 7.11 Å². The van der Waals surface area contributed by atoms with E-state index < -0.39 is 0 Å². The van der Waals surface area contributed by atoms with E-state index in [9.17, 15) is 4.79 Å². The molecule has 1 aromatic carbocycles. The second kappa shape index (κ2) is 6.99. The Morgan fingerprint density at radius 3 is 2.57 bits per heavy atom. The number of hydrogen-bond acceptors (Lipinski definition) is 3. The summed E-state index contributed by atoms with van der Waals surface area (Å²) in [6, 6.07) is 10.7. The molecule has 2 rings (SSSR count). The van der Waals surface area contributed by atoms with Gasteiger partial charge in [0, 0.05) is 13.1 Å². The molecule has 0 fully saturated rings. The SMILES string of the molecule is C=CCN(Cc1ccc(OC)cc1)C(=O)c1ccc(Cl)o1. The van der Waals surface area contributed by atoms with Crippen LogP contribution in [0.3, 0.4) is 0 Å². The molecule has 4 nitrogen and oxygen atoms in total. The van der Waals surface area contributed by atoms with Crippen molar-refractivity contribution in [2.24, 2.45) is 0 Å². The molecule has 0 unspecified atom stereocenters. The van der Waals surface area contributed by atoms with Gasteiger partial charge in [0.2, 0.25) is 0 Å². The summed E-state index contributed by atoms with van der Waals surface area (Å²) in [7, 11) is 1.61. The lowest BCUT2D eigenvalue weighted by atomic mass is 10.2.